The summed E-state index contributed by atoms with van der Waals surface area (Å²) in [4.78, 5) is 23.8. The Labute approximate surface area is 105 Å². The summed E-state index contributed by atoms with van der Waals surface area (Å²) in [5.74, 6) is -1.88. The molecule has 0 aromatic carbocycles. The van der Waals surface area contributed by atoms with Crippen molar-refractivity contribution in [2.45, 2.75) is 6.42 Å². The predicted molar refractivity (Wildman–Crippen MR) is 62.2 cm³/mol. The van der Waals surface area contributed by atoms with Crippen molar-refractivity contribution in [3.05, 3.63) is 17.5 Å². The third-order valence-electron chi connectivity index (χ3n) is 2.40. The van der Waals surface area contributed by atoms with Gasteiger partial charge in [0, 0.05) is 31.8 Å². The highest BCUT2D eigenvalue weighted by Gasteiger charge is 2.16. The van der Waals surface area contributed by atoms with Crippen LogP contribution in [0.2, 0.25) is 0 Å². The van der Waals surface area contributed by atoms with E-state index in [4.69, 9.17) is 0 Å². The fourth-order valence-corrected chi connectivity index (χ4v) is 1.53. The van der Waals surface area contributed by atoms with E-state index in [1.54, 1.807) is 7.05 Å². The zero-order chi connectivity index (χ0) is 13.7. The number of nitrogens with zero attached hydrogens (tertiary/aromatic N) is 2. The van der Waals surface area contributed by atoms with E-state index in [1.807, 2.05) is 14.1 Å². The first-order valence-electron chi connectivity index (χ1n) is 5.74. The van der Waals surface area contributed by atoms with Crippen molar-refractivity contribution >= 4 is 11.9 Å². The molecule has 7 nitrogen and oxygen atoms in total. The summed E-state index contributed by atoms with van der Waals surface area (Å²) in [6.45, 7) is 1.42. The minimum absolute atomic E-state index is 0.102. The molecule has 0 saturated heterocycles. The van der Waals surface area contributed by atoms with Gasteiger partial charge >= 0.3 is 0 Å². The molecule has 100 valence electrons. The van der Waals surface area contributed by atoms with Crippen LogP contribution in [0.4, 0.5) is 0 Å². The lowest BCUT2D eigenvalue weighted by Crippen LogP contribution is -3.05. The first-order chi connectivity index (χ1) is 8.41. The molecule has 1 aromatic heterocycles. The lowest BCUT2D eigenvalue weighted by molar-refractivity contribution is -0.858. The number of rotatable bonds is 6. The molecule has 0 radical (unpaired) electrons. The number of carboxylic acids is 1. The molecule has 1 amide bonds. The highest BCUT2D eigenvalue weighted by Crippen LogP contribution is 2.04. The molecule has 1 rings (SSSR count). The van der Waals surface area contributed by atoms with E-state index in [9.17, 15) is 14.7 Å². The van der Waals surface area contributed by atoms with Gasteiger partial charge in [-0.15, -0.1) is 0 Å². The van der Waals surface area contributed by atoms with Gasteiger partial charge in [0.05, 0.1) is 26.6 Å². The first kappa shape index (κ1) is 14.2. The molecule has 1 aromatic rings. The van der Waals surface area contributed by atoms with E-state index in [2.05, 4.69) is 10.4 Å². The van der Waals surface area contributed by atoms with Crippen LogP contribution in [0.15, 0.2) is 6.20 Å². The Balaban J connectivity index is 2.59. The molecule has 0 saturated carbocycles. The van der Waals surface area contributed by atoms with E-state index in [1.165, 1.54) is 15.8 Å². The van der Waals surface area contributed by atoms with Crippen LogP contribution in [0, 0.1) is 0 Å². The second-order valence-electron chi connectivity index (χ2n) is 4.42. The minimum atomic E-state index is -1.40. The first-order valence-corrected chi connectivity index (χ1v) is 5.74. The van der Waals surface area contributed by atoms with Crippen molar-refractivity contribution in [1.29, 1.82) is 0 Å². The third-order valence-corrected chi connectivity index (χ3v) is 2.40. The van der Waals surface area contributed by atoms with E-state index in [0.717, 1.165) is 13.0 Å². The van der Waals surface area contributed by atoms with Crippen molar-refractivity contribution in [2.75, 3.05) is 27.2 Å². The molecule has 1 heterocycles. The van der Waals surface area contributed by atoms with Crippen molar-refractivity contribution < 1.29 is 19.6 Å². The number of aryl methyl sites for hydroxylation is 1. The number of aromatic nitrogens is 2. The van der Waals surface area contributed by atoms with Gasteiger partial charge in [-0.2, -0.15) is 5.10 Å². The van der Waals surface area contributed by atoms with Crippen LogP contribution in [0.3, 0.4) is 0 Å². The largest absolute Gasteiger partial charge is 0.545 e. The Morgan fingerprint density at radius 1 is 1.50 bits per heavy atom. The van der Waals surface area contributed by atoms with Gasteiger partial charge in [-0.05, 0) is 0 Å². The van der Waals surface area contributed by atoms with E-state index in [0.29, 0.717) is 6.54 Å². The van der Waals surface area contributed by atoms with E-state index in [-0.39, 0.29) is 11.3 Å². The van der Waals surface area contributed by atoms with Crippen LogP contribution < -0.4 is 15.3 Å². The molecule has 18 heavy (non-hydrogen) atoms. The van der Waals surface area contributed by atoms with E-state index < -0.39 is 11.9 Å². The number of carboxylic acid groups (broad SMARTS) is 1. The van der Waals surface area contributed by atoms with Crippen LogP contribution in [-0.2, 0) is 7.05 Å². The summed E-state index contributed by atoms with van der Waals surface area (Å²) in [7, 11) is 5.60. The lowest BCUT2D eigenvalue weighted by Gasteiger charge is -2.08. The maximum Gasteiger partial charge on any atom is 0.272 e. The normalized spacial score (nSPS) is 10.7. The van der Waals surface area contributed by atoms with E-state index >= 15 is 0 Å². The summed E-state index contributed by atoms with van der Waals surface area (Å²) >= 11 is 0. The Morgan fingerprint density at radius 2 is 2.17 bits per heavy atom. The Bertz CT molecular complexity index is 439. The molecule has 0 bridgehead atoms. The standard InChI is InChI=1S/C11H18N4O3/c1-14(2)6-4-5-12-10(16)9-8(11(17)18)7-15(3)13-9/h7H,4-6H2,1-3H3,(H,12,16)(H,17,18). The summed E-state index contributed by atoms with van der Waals surface area (Å²) in [6.07, 6.45) is 2.08. The maximum atomic E-state index is 11.7. The summed E-state index contributed by atoms with van der Waals surface area (Å²) in [6, 6.07) is 0. The Morgan fingerprint density at radius 3 is 2.72 bits per heavy atom. The van der Waals surface area contributed by atoms with Crippen LogP contribution in [0.25, 0.3) is 0 Å². The van der Waals surface area contributed by atoms with Gasteiger partial charge in [-0.1, -0.05) is 0 Å². The number of nitrogens with one attached hydrogen (secondary N) is 2. The van der Waals surface area contributed by atoms with Crippen LogP contribution in [0.5, 0.6) is 0 Å². The molecule has 0 aliphatic carbocycles. The SMILES string of the molecule is Cn1cc(C(=O)[O-])c(C(=O)NCCC[NH+](C)C)n1. The molecule has 0 atom stereocenters. The van der Waals surface area contributed by atoms with Gasteiger partial charge in [-0.25, -0.2) is 0 Å². The molecule has 0 spiro atoms. The molecule has 7 heteroatoms. The summed E-state index contributed by atoms with van der Waals surface area (Å²) < 4.78 is 1.28. The smallest absolute Gasteiger partial charge is 0.272 e. The zero-order valence-corrected chi connectivity index (χ0v) is 10.8. The number of amides is 1. The average molecular weight is 254 g/mol. The van der Waals surface area contributed by atoms with Gasteiger partial charge in [0.25, 0.3) is 5.91 Å². The van der Waals surface area contributed by atoms with Crippen molar-refractivity contribution in [1.82, 2.24) is 15.1 Å². The summed E-state index contributed by atoms with van der Waals surface area (Å²) in [5, 5.41) is 17.3. The van der Waals surface area contributed by atoms with Gasteiger partial charge in [0.15, 0.2) is 5.69 Å². The van der Waals surface area contributed by atoms with Crippen LogP contribution >= 0.6 is 0 Å². The zero-order valence-electron chi connectivity index (χ0n) is 10.8. The number of hydrogen-bond donors (Lipinski definition) is 2. The summed E-state index contributed by atoms with van der Waals surface area (Å²) in [5.41, 5.74) is -0.289. The molecule has 0 unspecified atom stereocenters. The van der Waals surface area contributed by atoms with Gasteiger partial charge < -0.3 is 20.1 Å². The monoisotopic (exact) mass is 254 g/mol. The maximum absolute atomic E-state index is 11.7. The molecule has 0 aliphatic heterocycles. The molecule has 0 fully saturated rings. The van der Waals surface area contributed by atoms with Crippen LogP contribution in [-0.4, -0.2) is 48.8 Å². The minimum Gasteiger partial charge on any atom is -0.545 e. The fourth-order valence-electron chi connectivity index (χ4n) is 1.53. The topological polar surface area (TPSA) is 91.5 Å². The van der Waals surface area contributed by atoms with Crippen molar-refractivity contribution in [3.8, 4) is 0 Å². The predicted octanol–water partition coefficient (Wildman–Crippen LogP) is -2.95. The molecular formula is C11H18N4O3. The van der Waals surface area contributed by atoms with Gasteiger partial charge in [-0.3, -0.25) is 9.48 Å². The quantitative estimate of drug-likeness (QED) is 0.531. The molecule has 0 aliphatic rings. The number of aromatic carboxylic acids is 1. The number of quaternary nitrogens is 1. The third kappa shape index (κ3) is 3.85. The molecule has 2 N–H and O–H groups in total. The second-order valence-corrected chi connectivity index (χ2v) is 4.42. The highest BCUT2D eigenvalue weighted by molar-refractivity contribution is 6.02. The number of carbonyl (C=O) groups excluding carboxylic acids is 2. The van der Waals surface area contributed by atoms with Crippen molar-refractivity contribution in [3.63, 3.8) is 0 Å². The number of carbonyl (C=O) groups is 2. The lowest BCUT2D eigenvalue weighted by atomic mass is 10.2. The highest BCUT2D eigenvalue weighted by atomic mass is 16.4. The number of hydrogen-bond acceptors (Lipinski definition) is 4. The van der Waals surface area contributed by atoms with Gasteiger partial charge in [0.2, 0.25) is 0 Å². The molecular weight excluding hydrogens is 236 g/mol. The van der Waals surface area contributed by atoms with Crippen molar-refractivity contribution in [2.24, 2.45) is 7.05 Å². The van der Waals surface area contributed by atoms with Gasteiger partial charge in [0.1, 0.15) is 0 Å². The fraction of sp³-hybridized carbons (Fsp3) is 0.545. The Hall–Kier alpha value is -1.89. The second kappa shape index (κ2) is 6.15. The van der Waals surface area contributed by atoms with Crippen LogP contribution in [0.1, 0.15) is 27.3 Å². The average Bonchev–Trinajstić information content (AvgIpc) is 2.66. The Kier molecular flexibility index (Phi) is 4.85.